The Kier molecular flexibility index (Phi) is 4.45. The van der Waals surface area contributed by atoms with E-state index in [0.29, 0.717) is 18.8 Å². The number of nitrogens with one attached hydrogen (secondary N) is 2. The van der Waals surface area contributed by atoms with Gasteiger partial charge in [0.1, 0.15) is 5.58 Å². The largest absolute Gasteiger partial charge is 0.464 e. The van der Waals surface area contributed by atoms with Gasteiger partial charge in [0.25, 0.3) is 5.91 Å². The van der Waals surface area contributed by atoms with Crippen molar-refractivity contribution in [2.24, 2.45) is 0 Å². The van der Waals surface area contributed by atoms with Gasteiger partial charge in [0.05, 0.1) is 31.2 Å². The van der Waals surface area contributed by atoms with Gasteiger partial charge in [-0.1, -0.05) is 12.1 Å². The molecule has 25 heavy (non-hydrogen) atoms. The minimum atomic E-state index is -0.0988. The van der Waals surface area contributed by atoms with Crippen molar-refractivity contribution in [2.75, 3.05) is 26.3 Å². The number of carbonyl (C=O) groups excluding carboxylic acids is 1. The molecule has 4 rings (SSSR count). The van der Waals surface area contributed by atoms with Gasteiger partial charge in [-0.2, -0.15) is 0 Å². The third kappa shape index (κ3) is 3.40. The van der Waals surface area contributed by atoms with Crippen LogP contribution in [0.25, 0.3) is 22.2 Å². The molecule has 128 valence electrons. The number of amides is 1. The molecule has 1 aromatic carbocycles. The lowest BCUT2D eigenvalue weighted by atomic mass is 10.1. The first-order chi connectivity index (χ1) is 12.3. The molecule has 1 aliphatic rings. The molecule has 1 fully saturated rings. The number of fused-ring (bicyclic) bond motifs is 1. The van der Waals surface area contributed by atoms with Crippen molar-refractivity contribution in [3.8, 4) is 11.3 Å². The molecule has 1 amide bonds. The van der Waals surface area contributed by atoms with Crippen molar-refractivity contribution >= 4 is 16.9 Å². The highest BCUT2D eigenvalue weighted by Gasteiger charge is 2.16. The van der Waals surface area contributed by atoms with Gasteiger partial charge in [-0.3, -0.25) is 9.78 Å². The average molecular weight is 337 g/mol. The van der Waals surface area contributed by atoms with Gasteiger partial charge in [-0.05, 0) is 24.3 Å². The van der Waals surface area contributed by atoms with Crippen LogP contribution in [0.4, 0.5) is 0 Å². The van der Waals surface area contributed by atoms with Gasteiger partial charge in [0.2, 0.25) is 0 Å². The van der Waals surface area contributed by atoms with E-state index in [2.05, 4.69) is 15.6 Å². The fraction of sp³-hybridized carbons (Fsp3) is 0.263. The summed E-state index contributed by atoms with van der Waals surface area (Å²) in [6, 6.07) is 11.2. The zero-order valence-electron chi connectivity index (χ0n) is 13.7. The summed E-state index contributed by atoms with van der Waals surface area (Å²) in [5.74, 6) is -0.0988. The number of pyridine rings is 1. The SMILES string of the molecule is O=C(N[C@H]1CNCCOC1)c1ccc(-c2nccc3occc23)cc1. The molecular formula is C19H19N3O3. The maximum Gasteiger partial charge on any atom is 0.251 e. The van der Waals surface area contributed by atoms with Crippen LogP contribution in [0.15, 0.2) is 53.3 Å². The van der Waals surface area contributed by atoms with E-state index in [1.165, 1.54) is 0 Å². The van der Waals surface area contributed by atoms with Crippen molar-refractivity contribution in [3.05, 3.63) is 54.4 Å². The highest BCUT2D eigenvalue weighted by molar-refractivity contribution is 5.96. The average Bonchev–Trinajstić information content (AvgIpc) is 2.99. The van der Waals surface area contributed by atoms with Crippen molar-refractivity contribution in [1.82, 2.24) is 15.6 Å². The van der Waals surface area contributed by atoms with E-state index in [0.717, 1.165) is 35.3 Å². The van der Waals surface area contributed by atoms with E-state index >= 15 is 0 Å². The summed E-state index contributed by atoms with van der Waals surface area (Å²) in [5.41, 5.74) is 3.21. The van der Waals surface area contributed by atoms with Crippen molar-refractivity contribution < 1.29 is 13.9 Å². The highest BCUT2D eigenvalue weighted by atomic mass is 16.5. The number of aromatic nitrogens is 1. The number of nitrogens with zero attached hydrogens (tertiary/aromatic N) is 1. The van der Waals surface area contributed by atoms with Crippen LogP contribution < -0.4 is 10.6 Å². The van der Waals surface area contributed by atoms with Crippen molar-refractivity contribution in [2.45, 2.75) is 6.04 Å². The second-order valence-electron chi connectivity index (χ2n) is 6.02. The Labute approximate surface area is 145 Å². The second kappa shape index (κ2) is 7.04. The Morgan fingerprint density at radius 2 is 2.08 bits per heavy atom. The molecular weight excluding hydrogens is 318 g/mol. The lowest BCUT2D eigenvalue weighted by Crippen LogP contribution is -2.43. The predicted octanol–water partition coefficient (Wildman–Crippen LogP) is 2.21. The molecule has 6 nitrogen and oxygen atoms in total. The van der Waals surface area contributed by atoms with Crippen molar-refractivity contribution in [3.63, 3.8) is 0 Å². The first-order valence-electron chi connectivity index (χ1n) is 8.33. The first-order valence-corrected chi connectivity index (χ1v) is 8.33. The summed E-state index contributed by atoms with van der Waals surface area (Å²) in [5, 5.41) is 7.20. The summed E-state index contributed by atoms with van der Waals surface area (Å²) in [4.78, 5) is 16.9. The maximum absolute atomic E-state index is 12.4. The molecule has 0 spiro atoms. The molecule has 0 unspecified atom stereocenters. The van der Waals surface area contributed by atoms with Crippen molar-refractivity contribution in [1.29, 1.82) is 0 Å². The van der Waals surface area contributed by atoms with Gasteiger partial charge in [0.15, 0.2) is 0 Å². The molecule has 3 aromatic rings. The number of furan rings is 1. The van der Waals surface area contributed by atoms with Crippen LogP contribution in [0.2, 0.25) is 0 Å². The quantitative estimate of drug-likeness (QED) is 0.766. The Hall–Kier alpha value is -2.70. The minimum absolute atomic E-state index is 0.0176. The standard InChI is InChI=1S/C19H19N3O3/c23-19(22-15-11-20-8-10-24-12-15)14-3-1-13(2-4-14)18-16-6-9-25-17(16)5-7-21-18/h1-7,9,15,20H,8,10-12H2,(H,22,23)/t15-/m0/s1. The Morgan fingerprint density at radius 1 is 1.20 bits per heavy atom. The summed E-state index contributed by atoms with van der Waals surface area (Å²) in [7, 11) is 0. The van der Waals surface area contributed by atoms with Gasteiger partial charge < -0.3 is 19.8 Å². The number of benzene rings is 1. The predicted molar refractivity (Wildman–Crippen MR) is 94.4 cm³/mol. The van der Waals surface area contributed by atoms with Gasteiger partial charge in [-0.15, -0.1) is 0 Å². The molecule has 0 bridgehead atoms. The van der Waals surface area contributed by atoms with E-state index < -0.39 is 0 Å². The van der Waals surface area contributed by atoms with Crippen LogP contribution in [0.3, 0.4) is 0 Å². The molecule has 0 radical (unpaired) electrons. The third-order valence-electron chi connectivity index (χ3n) is 4.27. The van der Waals surface area contributed by atoms with Crippen LogP contribution >= 0.6 is 0 Å². The van der Waals surface area contributed by atoms with Crippen LogP contribution in [0.1, 0.15) is 10.4 Å². The van der Waals surface area contributed by atoms with E-state index in [1.807, 2.05) is 36.4 Å². The van der Waals surface area contributed by atoms with Crippen LogP contribution in [0.5, 0.6) is 0 Å². The molecule has 2 N–H and O–H groups in total. The number of hydrogen-bond acceptors (Lipinski definition) is 5. The smallest absolute Gasteiger partial charge is 0.251 e. The zero-order chi connectivity index (χ0) is 17.1. The summed E-state index contributed by atoms with van der Waals surface area (Å²) in [6.07, 6.45) is 3.38. The lowest BCUT2D eigenvalue weighted by molar-refractivity contribution is 0.0884. The molecule has 0 aliphatic carbocycles. The van der Waals surface area contributed by atoms with E-state index in [9.17, 15) is 4.79 Å². The maximum atomic E-state index is 12.4. The Bertz CT molecular complexity index is 865. The molecule has 1 atom stereocenters. The molecule has 1 aliphatic heterocycles. The minimum Gasteiger partial charge on any atom is -0.464 e. The zero-order valence-corrected chi connectivity index (χ0v) is 13.7. The number of ether oxygens (including phenoxy) is 1. The molecule has 1 saturated heterocycles. The van der Waals surface area contributed by atoms with Gasteiger partial charge >= 0.3 is 0 Å². The van der Waals surface area contributed by atoms with Gasteiger partial charge in [-0.25, -0.2) is 0 Å². The molecule has 6 heteroatoms. The van der Waals surface area contributed by atoms with E-state index in [-0.39, 0.29) is 11.9 Å². The van der Waals surface area contributed by atoms with Crippen LogP contribution in [-0.2, 0) is 4.74 Å². The summed E-state index contributed by atoms with van der Waals surface area (Å²) in [6.45, 7) is 2.74. The normalized spacial score (nSPS) is 18.0. The fourth-order valence-corrected chi connectivity index (χ4v) is 2.97. The number of hydrogen-bond donors (Lipinski definition) is 2. The van der Waals surface area contributed by atoms with E-state index in [1.54, 1.807) is 12.5 Å². The van der Waals surface area contributed by atoms with Crippen LogP contribution in [-0.4, -0.2) is 43.2 Å². The summed E-state index contributed by atoms with van der Waals surface area (Å²) >= 11 is 0. The third-order valence-corrected chi connectivity index (χ3v) is 4.27. The molecule has 2 aromatic heterocycles. The monoisotopic (exact) mass is 337 g/mol. The fourth-order valence-electron chi connectivity index (χ4n) is 2.97. The van der Waals surface area contributed by atoms with E-state index in [4.69, 9.17) is 9.15 Å². The molecule has 3 heterocycles. The van der Waals surface area contributed by atoms with Crippen LogP contribution in [0, 0.1) is 0 Å². The first kappa shape index (κ1) is 15.8. The number of rotatable bonds is 3. The summed E-state index contributed by atoms with van der Waals surface area (Å²) < 4.78 is 10.9. The topological polar surface area (TPSA) is 76.4 Å². The Morgan fingerprint density at radius 3 is 2.96 bits per heavy atom. The highest BCUT2D eigenvalue weighted by Crippen LogP contribution is 2.27. The Balaban J connectivity index is 1.51. The lowest BCUT2D eigenvalue weighted by Gasteiger charge is -2.16. The second-order valence-corrected chi connectivity index (χ2v) is 6.02. The molecule has 0 saturated carbocycles. The van der Waals surface area contributed by atoms with Gasteiger partial charge in [0, 0.05) is 35.8 Å². The number of carbonyl (C=O) groups is 1.